The first-order valence-corrected chi connectivity index (χ1v) is 11.4. The molecule has 1 heterocycles. The monoisotopic (exact) mass is 444 g/mol. The molecular formula is C27H28N2O4. The number of ether oxygens (including phenoxy) is 3. The topological polar surface area (TPSA) is 71.8 Å². The van der Waals surface area contributed by atoms with Crippen molar-refractivity contribution >= 4 is 17.0 Å². The molecule has 170 valence electrons. The highest BCUT2D eigenvalue weighted by atomic mass is 16.5. The largest absolute Gasteiger partial charge is 0.489 e. The van der Waals surface area contributed by atoms with Crippen molar-refractivity contribution in [2.24, 2.45) is 0 Å². The quantitative estimate of drug-likeness (QED) is 0.652. The lowest BCUT2D eigenvalue weighted by molar-refractivity contribution is 0.104. The minimum absolute atomic E-state index is 0.0351. The number of hydrogen-bond acceptors (Lipinski definition) is 6. The van der Waals surface area contributed by atoms with Crippen LogP contribution in [0.1, 0.15) is 46.5 Å². The molecule has 2 aromatic carbocycles. The second-order valence-corrected chi connectivity index (χ2v) is 9.27. The van der Waals surface area contributed by atoms with E-state index < -0.39 is 0 Å². The van der Waals surface area contributed by atoms with Gasteiger partial charge in [0.25, 0.3) is 0 Å². The molecule has 0 N–H and O–H groups in total. The predicted molar refractivity (Wildman–Crippen MR) is 126 cm³/mol. The molecule has 5 rings (SSSR count). The molecule has 0 spiro atoms. The SMILES string of the molecule is COCCOc1cc2c(cc1N1CCOCC1)C(C)(C)C1=C(C2=O)c2ccc(C#N)cc2C1. The van der Waals surface area contributed by atoms with E-state index >= 15 is 0 Å². The molecule has 33 heavy (non-hydrogen) atoms. The number of Topliss-reactive ketones (excluding diaryl/α,β-unsaturated/α-hetero) is 1. The molecule has 2 aromatic rings. The van der Waals surface area contributed by atoms with E-state index in [0.717, 1.165) is 46.6 Å². The summed E-state index contributed by atoms with van der Waals surface area (Å²) >= 11 is 0. The maximum atomic E-state index is 13.8. The molecule has 6 nitrogen and oxygen atoms in total. The molecule has 2 aliphatic carbocycles. The lowest BCUT2D eigenvalue weighted by Crippen LogP contribution is -2.37. The van der Waals surface area contributed by atoms with Crippen LogP contribution in [0.2, 0.25) is 0 Å². The smallest absolute Gasteiger partial charge is 0.194 e. The summed E-state index contributed by atoms with van der Waals surface area (Å²) in [5.41, 5.74) is 6.95. The molecule has 1 aliphatic heterocycles. The van der Waals surface area contributed by atoms with Crippen LogP contribution < -0.4 is 9.64 Å². The Morgan fingerprint density at radius 3 is 2.64 bits per heavy atom. The zero-order valence-electron chi connectivity index (χ0n) is 19.4. The number of methoxy groups -OCH3 is 1. The number of allylic oxidation sites excluding steroid dienone is 2. The van der Waals surface area contributed by atoms with Crippen LogP contribution in [0.15, 0.2) is 35.9 Å². The van der Waals surface area contributed by atoms with E-state index in [1.165, 1.54) is 0 Å². The Kier molecular flexibility index (Phi) is 5.48. The van der Waals surface area contributed by atoms with Crippen molar-refractivity contribution in [3.8, 4) is 11.8 Å². The number of fused-ring (bicyclic) bond motifs is 3. The van der Waals surface area contributed by atoms with Gasteiger partial charge < -0.3 is 19.1 Å². The first kappa shape index (κ1) is 21.7. The summed E-state index contributed by atoms with van der Waals surface area (Å²) in [7, 11) is 1.65. The average molecular weight is 445 g/mol. The van der Waals surface area contributed by atoms with Gasteiger partial charge in [0.05, 0.1) is 37.1 Å². The van der Waals surface area contributed by atoms with E-state index in [-0.39, 0.29) is 11.2 Å². The predicted octanol–water partition coefficient (Wildman–Crippen LogP) is 3.90. The molecule has 1 saturated heterocycles. The van der Waals surface area contributed by atoms with Crippen LogP contribution in [0.25, 0.3) is 5.57 Å². The van der Waals surface area contributed by atoms with Gasteiger partial charge in [-0.05, 0) is 52.9 Å². The highest BCUT2D eigenvalue weighted by Crippen LogP contribution is 2.51. The normalized spacial score (nSPS) is 18.5. The summed E-state index contributed by atoms with van der Waals surface area (Å²) in [6.07, 6.45) is 0.692. The minimum Gasteiger partial charge on any atom is -0.489 e. The van der Waals surface area contributed by atoms with E-state index in [0.29, 0.717) is 49.7 Å². The fourth-order valence-electron chi connectivity index (χ4n) is 5.26. The average Bonchev–Trinajstić information content (AvgIpc) is 3.23. The zero-order chi connectivity index (χ0) is 23.2. The van der Waals surface area contributed by atoms with Crippen molar-refractivity contribution in [1.29, 1.82) is 5.26 Å². The standard InChI is InChI=1S/C27H28N2O4/c1-27(2)21-15-23(29-6-8-32-9-7-29)24(33-11-10-31-3)14-20(21)26(30)25-19-5-4-17(16-28)12-18(19)13-22(25)27/h4-5,12,14-15H,6-11,13H2,1-3H3. The molecule has 0 aromatic heterocycles. The molecule has 3 aliphatic rings. The number of anilines is 1. The summed E-state index contributed by atoms with van der Waals surface area (Å²) in [4.78, 5) is 16.1. The molecule has 1 fully saturated rings. The fourth-order valence-corrected chi connectivity index (χ4v) is 5.26. The molecule has 0 saturated carbocycles. The Balaban J connectivity index is 1.62. The number of nitrogens with zero attached hydrogens (tertiary/aromatic N) is 2. The third kappa shape index (κ3) is 3.52. The Hall–Kier alpha value is -3.14. The first-order valence-electron chi connectivity index (χ1n) is 11.4. The van der Waals surface area contributed by atoms with Crippen LogP contribution in [0.5, 0.6) is 5.75 Å². The summed E-state index contributed by atoms with van der Waals surface area (Å²) < 4.78 is 16.8. The molecule has 0 atom stereocenters. The number of nitriles is 1. The van der Waals surface area contributed by atoms with Crippen molar-refractivity contribution in [2.75, 3.05) is 51.5 Å². The van der Waals surface area contributed by atoms with Gasteiger partial charge in [-0.3, -0.25) is 4.79 Å². The van der Waals surface area contributed by atoms with E-state index in [1.807, 2.05) is 18.2 Å². The van der Waals surface area contributed by atoms with Gasteiger partial charge in [-0.2, -0.15) is 5.26 Å². The zero-order valence-corrected chi connectivity index (χ0v) is 19.4. The number of ketones is 1. The van der Waals surface area contributed by atoms with Gasteiger partial charge in [-0.25, -0.2) is 0 Å². The van der Waals surface area contributed by atoms with E-state index in [9.17, 15) is 10.1 Å². The minimum atomic E-state index is -0.323. The van der Waals surface area contributed by atoms with Gasteiger partial charge in [0, 0.05) is 36.8 Å². The molecule has 0 unspecified atom stereocenters. The van der Waals surface area contributed by atoms with Crippen molar-refractivity contribution in [3.05, 3.63) is 63.7 Å². The summed E-state index contributed by atoms with van der Waals surface area (Å²) in [5, 5.41) is 9.33. The highest BCUT2D eigenvalue weighted by molar-refractivity contribution is 6.33. The van der Waals surface area contributed by atoms with Gasteiger partial charge in [-0.15, -0.1) is 0 Å². The van der Waals surface area contributed by atoms with Crippen LogP contribution in [-0.4, -0.2) is 52.4 Å². The van der Waals surface area contributed by atoms with E-state index in [2.05, 4.69) is 30.9 Å². The first-order chi connectivity index (χ1) is 16.0. The number of hydrogen-bond donors (Lipinski definition) is 0. The number of benzene rings is 2. The number of carbonyl (C=O) groups excluding carboxylic acids is 1. The Labute approximate surface area is 194 Å². The maximum Gasteiger partial charge on any atom is 0.194 e. The molecular weight excluding hydrogens is 416 g/mol. The lowest BCUT2D eigenvalue weighted by atomic mass is 9.68. The van der Waals surface area contributed by atoms with Gasteiger partial charge in [-0.1, -0.05) is 19.9 Å². The van der Waals surface area contributed by atoms with Gasteiger partial charge in [0.15, 0.2) is 5.78 Å². The van der Waals surface area contributed by atoms with Gasteiger partial charge in [0.1, 0.15) is 12.4 Å². The van der Waals surface area contributed by atoms with E-state index in [1.54, 1.807) is 13.2 Å². The summed E-state index contributed by atoms with van der Waals surface area (Å²) in [6.45, 7) is 8.18. The van der Waals surface area contributed by atoms with Crippen LogP contribution in [0.3, 0.4) is 0 Å². The number of morpholine rings is 1. The highest BCUT2D eigenvalue weighted by Gasteiger charge is 2.43. The lowest BCUT2D eigenvalue weighted by Gasteiger charge is -2.37. The van der Waals surface area contributed by atoms with Crippen molar-refractivity contribution in [3.63, 3.8) is 0 Å². The third-order valence-electron chi connectivity index (χ3n) is 7.07. The Bertz CT molecular complexity index is 1200. The second-order valence-electron chi connectivity index (χ2n) is 9.27. The third-order valence-corrected chi connectivity index (χ3v) is 7.07. The molecule has 6 heteroatoms. The van der Waals surface area contributed by atoms with Crippen LogP contribution in [-0.2, 0) is 21.3 Å². The molecule has 0 amide bonds. The van der Waals surface area contributed by atoms with Crippen LogP contribution in [0.4, 0.5) is 5.69 Å². The fraction of sp³-hybridized carbons (Fsp3) is 0.407. The van der Waals surface area contributed by atoms with Gasteiger partial charge in [0.2, 0.25) is 0 Å². The maximum absolute atomic E-state index is 13.8. The van der Waals surface area contributed by atoms with Crippen LogP contribution >= 0.6 is 0 Å². The number of carbonyl (C=O) groups is 1. The van der Waals surface area contributed by atoms with E-state index in [4.69, 9.17) is 14.2 Å². The van der Waals surface area contributed by atoms with Crippen molar-refractivity contribution in [2.45, 2.75) is 25.7 Å². The Morgan fingerprint density at radius 2 is 1.91 bits per heavy atom. The molecule has 0 bridgehead atoms. The summed E-state index contributed by atoms with van der Waals surface area (Å²) in [6, 6.07) is 11.9. The van der Waals surface area contributed by atoms with Crippen molar-refractivity contribution < 1.29 is 19.0 Å². The molecule has 0 radical (unpaired) electrons. The Morgan fingerprint density at radius 1 is 1.12 bits per heavy atom. The number of rotatable bonds is 5. The second kappa shape index (κ2) is 8.33. The van der Waals surface area contributed by atoms with Gasteiger partial charge >= 0.3 is 0 Å². The van der Waals surface area contributed by atoms with Crippen LogP contribution in [0, 0.1) is 11.3 Å². The van der Waals surface area contributed by atoms with Crippen molar-refractivity contribution in [1.82, 2.24) is 0 Å². The summed E-state index contributed by atoms with van der Waals surface area (Å²) in [5.74, 6) is 0.742.